The molecule has 2 N–H and O–H groups in total. The van der Waals surface area contributed by atoms with Crippen LogP contribution >= 0.6 is 11.6 Å². The van der Waals surface area contributed by atoms with Crippen LogP contribution in [0.4, 0.5) is 5.69 Å². The Morgan fingerprint density at radius 2 is 1.78 bits per heavy atom. The molecule has 144 valence electrons. The molecule has 0 fully saturated rings. The second kappa shape index (κ2) is 10.4. The Morgan fingerprint density at radius 3 is 2.44 bits per heavy atom. The number of carbonyl (C=O) groups excluding carboxylic acids is 2. The van der Waals surface area contributed by atoms with Crippen LogP contribution in [0.1, 0.15) is 22.3 Å². The first-order valence-electron chi connectivity index (χ1n) is 8.55. The highest BCUT2D eigenvalue weighted by Crippen LogP contribution is 2.23. The van der Waals surface area contributed by atoms with Gasteiger partial charge >= 0.3 is 5.97 Å². The molecule has 0 aliphatic rings. The number of nitrogens with one attached hydrogen (secondary N) is 2. The maximum absolute atomic E-state index is 12.0. The maximum Gasteiger partial charge on any atom is 0.337 e. The van der Waals surface area contributed by atoms with Crippen molar-refractivity contribution < 1.29 is 19.1 Å². The van der Waals surface area contributed by atoms with Crippen LogP contribution in [-0.4, -0.2) is 39.2 Å². The fourth-order valence-electron chi connectivity index (χ4n) is 2.44. The molecule has 0 radical (unpaired) electrons. The van der Waals surface area contributed by atoms with Gasteiger partial charge in [0.05, 0.1) is 30.5 Å². The van der Waals surface area contributed by atoms with E-state index in [-0.39, 0.29) is 5.91 Å². The highest BCUT2D eigenvalue weighted by Gasteiger charge is 2.09. The molecule has 0 unspecified atom stereocenters. The third-order valence-corrected chi connectivity index (χ3v) is 4.28. The summed E-state index contributed by atoms with van der Waals surface area (Å²) in [4.78, 5) is 23.5. The number of amides is 1. The Morgan fingerprint density at radius 1 is 1.04 bits per heavy atom. The number of ether oxygens (including phenoxy) is 2. The number of hydrogen-bond donors (Lipinski definition) is 2. The van der Waals surface area contributed by atoms with Crippen LogP contribution in [0.5, 0.6) is 5.75 Å². The molecule has 0 aliphatic carbocycles. The van der Waals surface area contributed by atoms with Gasteiger partial charge in [0.1, 0.15) is 5.75 Å². The summed E-state index contributed by atoms with van der Waals surface area (Å²) in [5, 5.41) is 6.43. The zero-order valence-corrected chi connectivity index (χ0v) is 16.1. The van der Waals surface area contributed by atoms with Gasteiger partial charge in [-0.3, -0.25) is 4.79 Å². The number of hydrogen-bond acceptors (Lipinski definition) is 5. The number of carbonyl (C=O) groups is 2. The van der Waals surface area contributed by atoms with Crippen molar-refractivity contribution in [2.45, 2.75) is 12.8 Å². The van der Waals surface area contributed by atoms with E-state index in [1.807, 2.05) is 24.3 Å². The number of esters is 1. The van der Waals surface area contributed by atoms with Crippen molar-refractivity contribution in [2.24, 2.45) is 0 Å². The SMILES string of the molecule is COC(=O)c1ccc(Cl)c(NCCC(=O)NCCc2ccc(OC)cc2)c1. The molecule has 2 aromatic rings. The van der Waals surface area contributed by atoms with E-state index in [0.29, 0.717) is 35.8 Å². The third-order valence-electron chi connectivity index (χ3n) is 3.95. The highest BCUT2D eigenvalue weighted by molar-refractivity contribution is 6.33. The summed E-state index contributed by atoms with van der Waals surface area (Å²) in [6, 6.07) is 12.6. The first-order chi connectivity index (χ1) is 13.0. The summed E-state index contributed by atoms with van der Waals surface area (Å²) in [6.07, 6.45) is 1.04. The Balaban J connectivity index is 1.73. The molecule has 2 rings (SSSR count). The predicted molar refractivity (Wildman–Crippen MR) is 106 cm³/mol. The minimum atomic E-state index is -0.439. The lowest BCUT2D eigenvalue weighted by Crippen LogP contribution is -2.27. The molecule has 0 saturated carbocycles. The number of benzene rings is 2. The van der Waals surface area contributed by atoms with Crippen LogP contribution in [0.3, 0.4) is 0 Å². The van der Waals surface area contributed by atoms with Gasteiger partial charge in [-0.25, -0.2) is 4.79 Å². The topological polar surface area (TPSA) is 76.7 Å². The van der Waals surface area contributed by atoms with Crippen LogP contribution in [0.25, 0.3) is 0 Å². The zero-order valence-electron chi connectivity index (χ0n) is 15.4. The average molecular weight is 391 g/mol. The van der Waals surface area contributed by atoms with Gasteiger partial charge in [0.15, 0.2) is 0 Å². The fraction of sp³-hybridized carbons (Fsp3) is 0.300. The van der Waals surface area contributed by atoms with E-state index < -0.39 is 5.97 Å². The first kappa shape index (κ1) is 20.6. The van der Waals surface area contributed by atoms with Crippen molar-refractivity contribution in [3.05, 3.63) is 58.6 Å². The smallest absolute Gasteiger partial charge is 0.337 e. The van der Waals surface area contributed by atoms with Gasteiger partial charge in [-0.2, -0.15) is 0 Å². The molecule has 1 amide bonds. The second-order valence-corrected chi connectivity index (χ2v) is 6.22. The standard InChI is InChI=1S/C20H23ClN2O4/c1-26-16-6-3-14(4-7-16)9-11-23-19(24)10-12-22-18-13-15(20(25)27-2)5-8-17(18)21/h3-8,13,22H,9-12H2,1-2H3,(H,23,24). The highest BCUT2D eigenvalue weighted by atomic mass is 35.5. The fourth-order valence-corrected chi connectivity index (χ4v) is 2.63. The summed E-state index contributed by atoms with van der Waals surface area (Å²) in [6.45, 7) is 0.961. The lowest BCUT2D eigenvalue weighted by molar-refractivity contribution is -0.120. The number of halogens is 1. The normalized spacial score (nSPS) is 10.2. The van der Waals surface area contributed by atoms with E-state index in [1.165, 1.54) is 7.11 Å². The lowest BCUT2D eigenvalue weighted by atomic mass is 10.1. The van der Waals surface area contributed by atoms with Gasteiger partial charge in [-0.15, -0.1) is 0 Å². The molecule has 6 nitrogen and oxygen atoms in total. The van der Waals surface area contributed by atoms with Crippen LogP contribution in [0, 0.1) is 0 Å². The van der Waals surface area contributed by atoms with Crippen molar-refractivity contribution in [3.63, 3.8) is 0 Å². The van der Waals surface area contributed by atoms with Crippen molar-refractivity contribution in [3.8, 4) is 5.75 Å². The molecule has 7 heteroatoms. The minimum absolute atomic E-state index is 0.0590. The van der Waals surface area contributed by atoms with Crippen LogP contribution in [0.15, 0.2) is 42.5 Å². The summed E-state index contributed by atoms with van der Waals surface area (Å²) in [5.74, 6) is 0.311. The molecular weight excluding hydrogens is 368 g/mol. The maximum atomic E-state index is 12.0. The van der Waals surface area contributed by atoms with E-state index in [1.54, 1.807) is 25.3 Å². The summed E-state index contributed by atoms with van der Waals surface area (Å²) >= 11 is 6.11. The summed E-state index contributed by atoms with van der Waals surface area (Å²) in [7, 11) is 2.95. The molecule has 0 spiro atoms. The van der Waals surface area contributed by atoms with E-state index >= 15 is 0 Å². The van der Waals surface area contributed by atoms with Gasteiger partial charge in [0.25, 0.3) is 0 Å². The minimum Gasteiger partial charge on any atom is -0.497 e. The lowest BCUT2D eigenvalue weighted by Gasteiger charge is -2.10. The number of methoxy groups -OCH3 is 2. The Labute approximate surface area is 163 Å². The van der Waals surface area contributed by atoms with Crippen molar-refractivity contribution in [1.82, 2.24) is 5.32 Å². The molecule has 2 aromatic carbocycles. The van der Waals surface area contributed by atoms with Crippen molar-refractivity contribution in [2.75, 3.05) is 32.6 Å². The quantitative estimate of drug-likeness (QED) is 0.642. The molecule has 0 saturated heterocycles. The van der Waals surface area contributed by atoms with E-state index in [2.05, 4.69) is 15.4 Å². The predicted octanol–water partition coefficient (Wildman–Crippen LogP) is 3.30. The average Bonchev–Trinajstić information content (AvgIpc) is 2.69. The summed E-state index contributed by atoms with van der Waals surface area (Å²) < 4.78 is 9.80. The zero-order chi connectivity index (χ0) is 19.6. The van der Waals surface area contributed by atoms with E-state index in [9.17, 15) is 9.59 Å². The monoisotopic (exact) mass is 390 g/mol. The summed E-state index contributed by atoms with van der Waals surface area (Å²) in [5.41, 5.74) is 2.11. The molecule has 0 bridgehead atoms. The third kappa shape index (κ3) is 6.49. The molecule has 27 heavy (non-hydrogen) atoms. The van der Waals surface area contributed by atoms with Gasteiger partial charge in [-0.05, 0) is 42.3 Å². The second-order valence-electron chi connectivity index (χ2n) is 5.81. The van der Waals surface area contributed by atoms with Gasteiger partial charge < -0.3 is 20.1 Å². The molecule has 0 aromatic heterocycles. The van der Waals surface area contributed by atoms with Gasteiger partial charge in [0.2, 0.25) is 5.91 Å². The molecule has 0 heterocycles. The molecular formula is C20H23ClN2O4. The number of anilines is 1. The Bertz CT molecular complexity index is 778. The Kier molecular flexibility index (Phi) is 7.95. The molecule has 0 aliphatic heterocycles. The van der Waals surface area contributed by atoms with Gasteiger partial charge in [0, 0.05) is 19.5 Å². The van der Waals surface area contributed by atoms with Crippen LogP contribution in [0.2, 0.25) is 5.02 Å². The molecule has 0 atom stereocenters. The van der Waals surface area contributed by atoms with Crippen LogP contribution < -0.4 is 15.4 Å². The van der Waals surface area contributed by atoms with E-state index in [0.717, 1.165) is 17.7 Å². The van der Waals surface area contributed by atoms with Gasteiger partial charge in [-0.1, -0.05) is 23.7 Å². The van der Waals surface area contributed by atoms with Crippen molar-refractivity contribution >= 4 is 29.2 Å². The van der Waals surface area contributed by atoms with E-state index in [4.69, 9.17) is 16.3 Å². The largest absolute Gasteiger partial charge is 0.497 e. The first-order valence-corrected chi connectivity index (χ1v) is 8.92. The van der Waals surface area contributed by atoms with Crippen molar-refractivity contribution in [1.29, 1.82) is 0 Å². The number of rotatable bonds is 9. The van der Waals surface area contributed by atoms with Crippen LogP contribution in [-0.2, 0) is 16.0 Å². The Hall–Kier alpha value is -2.73.